The van der Waals surface area contributed by atoms with Crippen molar-refractivity contribution in [3.05, 3.63) is 47.0 Å². The van der Waals surface area contributed by atoms with E-state index in [-0.39, 0.29) is 17.0 Å². The minimum atomic E-state index is -0.489. The van der Waals surface area contributed by atoms with Crippen molar-refractivity contribution in [3.63, 3.8) is 0 Å². The van der Waals surface area contributed by atoms with Crippen LogP contribution in [0.3, 0.4) is 0 Å². The van der Waals surface area contributed by atoms with Crippen LogP contribution in [0.25, 0.3) is 11.0 Å². The first-order valence-electron chi connectivity index (χ1n) is 8.68. The van der Waals surface area contributed by atoms with Crippen molar-refractivity contribution < 1.29 is 9.50 Å². The Labute approximate surface area is 147 Å². The van der Waals surface area contributed by atoms with Crippen LogP contribution in [0.5, 0.6) is 0 Å². The van der Waals surface area contributed by atoms with Crippen LogP contribution in [0.15, 0.2) is 29.2 Å². The molecule has 3 rings (SSSR count). The van der Waals surface area contributed by atoms with Crippen LogP contribution in [-0.4, -0.2) is 44.8 Å². The first-order valence-corrected chi connectivity index (χ1v) is 8.68. The molecule has 2 aromatic rings. The zero-order valence-corrected chi connectivity index (χ0v) is 14.9. The third-order valence-electron chi connectivity index (χ3n) is 4.84. The fourth-order valence-corrected chi connectivity index (χ4v) is 3.81. The van der Waals surface area contributed by atoms with Gasteiger partial charge in [0.2, 0.25) is 0 Å². The van der Waals surface area contributed by atoms with E-state index in [1.807, 2.05) is 6.42 Å². The second kappa shape index (κ2) is 6.84. The lowest BCUT2D eigenvalue weighted by Gasteiger charge is -2.46. The van der Waals surface area contributed by atoms with Crippen LogP contribution in [-0.2, 0) is 6.54 Å². The summed E-state index contributed by atoms with van der Waals surface area (Å²) in [5.74, 6) is -0.456. The molecule has 1 N–H and O–H groups in total. The summed E-state index contributed by atoms with van der Waals surface area (Å²) >= 11 is 0. The molecule has 25 heavy (non-hydrogen) atoms. The van der Waals surface area contributed by atoms with Crippen LogP contribution >= 0.6 is 0 Å². The molecule has 1 radical (unpaired) electrons. The molecule has 135 valence electrons. The summed E-state index contributed by atoms with van der Waals surface area (Å²) in [4.78, 5) is 18.6. The van der Waals surface area contributed by atoms with E-state index in [0.717, 1.165) is 19.2 Å². The Morgan fingerprint density at radius 2 is 2.08 bits per heavy atom. The maximum absolute atomic E-state index is 13.6. The summed E-state index contributed by atoms with van der Waals surface area (Å²) in [5, 5.41) is 10.4. The fraction of sp³-hybridized carbons (Fsp3) is 0.526. The average Bonchev–Trinajstić information content (AvgIpc) is 2.52. The highest BCUT2D eigenvalue weighted by Crippen LogP contribution is 2.31. The normalized spacial score (nSPS) is 22.4. The fourth-order valence-electron chi connectivity index (χ4n) is 3.81. The monoisotopic (exact) mass is 346 g/mol. The van der Waals surface area contributed by atoms with E-state index < -0.39 is 11.9 Å². The summed E-state index contributed by atoms with van der Waals surface area (Å²) < 4.78 is 15.2. The molecule has 3 heterocycles. The number of piperidine rings is 1. The maximum Gasteiger partial charge on any atom is 0.251 e. The predicted molar refractivity (Wildman–Crippen MR) is 95.7 cm³/mol. The molecule has 1 fully saturated rings. The van der Waals surface area contributed by atoms with Gasteiger partial charge in [-0.3, -0.25) is 14.7 Å². The molecule has 0 saturated carbocycles. The Morgan fingerprint density at radius 3 is 2.80 bits per heavy atom. The van der Waals surface area contributed by atoms with Crippen molar-refractivity contribution in [1.29, 1.82) is 0 Å². The number of hydrogen-bond donors (Lipinski definition) is 1. The van der Waals surface area contributed by atoms with Gasteiger partial charge in [-0.15, -0.1) is 0 Å². The number of aliphatic hydroxyl groups is 1. The highest BCUT2D eigenvalue weighted by molar-refractivity contribution is 5.74. The summed E-state index contributed by atoms with van der Waals surface area (Å²) in [7, 11) is 0. The lowest BCUT2D eigenvalue weighted by Crippen LogP contribution is -2.55. The molecule has 2 atom stereocenters. The molecule has 1 saturated heterocycles. The van der Waals surface area contributed by atoms with Gasteiger partial charge in [0.05, 0.1) is 23.3 Å². The largest absolute Gasteiger partial charge is 0.391 e. The number of rotatable bonds is 3. The summed E-state index contributed by atoms with van der Waals surface area (Å²) in [5.41, 5.74) is 0.842. The molecule has 6 heteroatoms. The Bertz CT molecular complexity index is 812. The van der Waals surface area contributed by atoms with Crippen molar-refractivity contribution in [1.82, 2.24) is 14.5 Å². The van der Waals surface area contributed by atoms with Gasteiger partial charge in [0.1, 0.15) is 5.82 Å². The minimum absolute atomic E-state index is 0.0122. The molecule has 5 nitrogen and oxygen atoms in total. The molecule has 0 aromatic carbocycles. The van der Waals surface area contributed by atoms with E-state index >= 15 is 0 Å². The van der Waals surface area contributed by atoms with E-state index in [0.29, 0.717) is 24.1 Å². The van der Waals surface area contributed by atoms with E-state index in [1.165, 1.54) is 12.1 Å². The lowest BCUT2D eigenvalue weighted by molar-refractivity contribution is -0.0164. The number of pyridine rings is 2. The average molecular weight is 346 g/mol. The van der Waals surface area contributed by atoms with Crippen LogP contribution < -0.4 is 5.56 Å². The topological polar surface area (TPSA) is 58.4 Å². The molecule has 0 aliphatic carbocycles. The second-order valence-electron chi connectivity index (χ2n) is 7.74. The standard InChI is InChI=1S/C19H25FN3O2/c1-19(2,3)18-16(24)5-4-8-22(18)9-10-23-15-11-13(20)12-21-14(15)6-7-17(23)25/h5-7,11-12,16,18,24H,4,8-10H2,1-3H3/t16-,18?/m1/s1. The van der Waals surface area contributed by atoms with Gasteiger partial charge in [0.15, 0.2) is 0 Å². The number of fused-ring (bicyclic) bond motifs is 1. The maximum atomic E-state index is 13.6. The van der Waals surface area contributed by atoms with Gasteiger partial charge in [-0.05, 0) is 30.9 Å². The Hall–Kier alpha value is -1.79. The number of likely N-dealkylation sites (tertiary alicyclic amines) is 1. The number of aromatic nitrogens is 2. The number of halogens is 1. The SMILES string of the molecule is CC(C)(C)C1[C@H](O)[CH]CCN1CCn1c(=O)ccc2ncc(F)cc21. The third kappa shape index (κ3) is 3.75. The zero-order valence-electron chi connectivity index (χ0n) is 14.9. The van der Waals surface area contributed by atoms with E-state index in [9.17, 15) is 14.3 Å². The Kier molecular flexibility index (Phi) is 4.93. The molecule has 1 aliphatic heterocycles. The van der Waals surface area contributed by atoms with Gasteiger partial charge in [0, 0.05) is 31.3 Å². The Morgan fingerprint density at radius 1 is 1.32 bits per heavy atom. The van der Waals surface area contributed by atoms with Gasteiger partial charge in [-0.2, -0.15) is 0 Å². The smallest absolute Gasteiger partial charge is 0.251 e. The summed E-state index contributed by atoms with van der Waals surface area (Å²) in [6, 6.07) is 4.42. The van der Waals surface area contributed by atoms with Crippen LogP contribution in [0.1, 0.15) is 27.2 Å². The van der Waals surface area contributed by atoms with Crippen LogP contribution in [0.2, 0.25) is 0 Å². The first kappa shape index (κ1) is 18.0. The molecule has 1 unspecified atom stereocenters. The quantitative estimate of drug-likeness (QED) is 0.926. The molecule has 2 aromatic heterocycles. The van der Waals surface area contributed by atoms with Crippen LogP contribution in [0, 0.1) is 17.7 Å². The summed E-state index contributed by atoms with van der Waals surface area (Å²) in [6.07, 6.45) is 3.44. The molecule has 0 bridgehead atoms. The first-order chi connectivity index (χ1) is 11.8. The Balaban J connectivity index is 1.88. The molecule has 1 aliphatic rings. The molecular formula is C19H25FN3O2. The second-order valence-corrected chi connectivity index (χ2v) is 7.74. The number of hydrogen-bond acceptors (Lipinski definition) is 4. The van der Waals surface area contributed by atoms with Crippen molar-refractivity contribution in [3.8, 4) is 0 Å². The van der Waals surface area contributed by atoms with Gasteiger partial charge in [-0.25, -0.2) is 4.39 Å². The van der Waals surface area contributed by atoms with Gasteiger partial charge < -0.3 is 9.67 Å². The third-order valence-corrected chi connectivity index (χ3v) is 4.84. The molecule has 0 spiro atoms. The van der Waals surface area contributed by atoms with Crippen LogP contribution in [0.4, 0.5) is 4.39 Å². The van der Waals surface area contributed by atoms with Gasteiger partial charge in [-0.1, -0.05) is 20.8 Å². The molecular weight excluding hydrogens is 321 g/mol. The predicted octanol–water partition coefficient (Wildman–Crippen LogP) is 2.22. The van der Waals surface area contributed by atoms with Crippen molar-refractivity contribution in [2.24, 2.45) is 5.41 Å². The van der Waals surface area contributed by atoms with Crippen molar-refractivity contribution in [2.45, 2.75) is 45.9 Å². The highest BCUT2D eigenvalue weighted by atomic mass is 19.1. The van der Waals surface area contributed by atoms with E-state index in [1.54, 1.807) is 10.6 Å². The number of nitrogens with zero attached hydrogens (tertiary/aromatic N) is 3. The molecule has 0 amide bonds. The minimum Gasteiger partial charge on any atom is -0.391 e. The van der Waals surface area contributed by atoms with Gasteiger partial charge >= 0.3 is 0 Å². The van der Waals surface area contributed by atoms with E-state index in [4.69, 9.17) is 0 Å². The lowest BCUT2D eigenvalue weighted by atomic mass is 9.79. The van der Waals surface area contributed by atoms with Crippen molar-refractivity contribution >= 4 is 11.0 Å². The van der Waals surface area contributed by atoms with Crippen molar-refractivity contribution in [2.75, 3.05) is 13.1 Å². The number of aliphatic hydroxyl groups excluding tert-OH is 1. The van der Waals surface area contributed by atoms with Gasteiger partial charge in [0.25, 0.3) is 5.56 Å². The zero-order chi connectivity index (χ0) is 18.2. The van der Waals surface area contributed by atoms with E-state index in [2.05, 4.69) is 30.7 Å². The highest BCUT2D eigenvalue weighted by Gasteiger charge is 2.38. The summed E-state index contributed by atoms with van der Waals surface area (Å²) in [6.45, 7) is 8.21.